The van der Waals surface area contributed by atoms with Gasteiger partial charge < -0.3 is 13.3 Å². The van der Waals surface area contributed by atoms with Crippen molar-refractivity contribution in [2.75, 3.05) is 19.8 Å². The number of hydrogen-bond acceptors (Lipinski definition) is 3. The molecular weight excluding hydrogens is 292 g/mol. The van der Waals surface area contributed by atoms with Crippen LogP contribution >= 0.6 is 0 Å². The van der Waals surface area contributed by atoms with E-state index in [0.717, 1.165) is 24.4 Å². The van der Waals surface area contributed by atoms with Crippen LogP contribution in [0, 0.1) is 0 Å². The minimum atomic E-state index is -2.84. The van der Waals surface area contributed by atoms with Crippen molar-refractivity contribution in [3.63, 3.8) is 0 Å². The number of rotatable bonds is 11. The van der Waals surface area contributed by atoms with Crippen molar-refractivity contribution in [1.29, 1.82) is 0 Å². The van der Waals surface area contributed by atoms with Crippen molar-refractivity contribution >= 4 is 14.0 Å². The molecule has 0 aliphatic heterocycles. The zero-order valence-corrected chi connectivity index (χ0v) is 15.9. The summed E-state index contributed by atoms with van der Waals surface area (Å²) in [7, 11) is -2.84. The van der Waals surface area contributed by atoms with Crippen LogP contribution in [-0.4, -0.2) is 28.6 Å². The summed E-state index contributed by atoms with van der Waals surface area (Å²) in [5.41, 5.74) is 1.28. The third-order valence-electron chi connectivity index (χ3n) is 3.40. The van der Waals surface area contributed by atoms with Crippen molar-refractivity contribution in [2.24, 2.45) is 0 Å². The van der Waals surface area contributed by atoms with Crippen LogP contribution in [0.2, 0.25) is 0 Å². The van der Waals surface area contributed by atoms with Gasteiger partial charge in [-0.3, -0.25) is 0 Å². The maximum atomic E-state index is 6.25. The van der Waals surface area contributed by atoms with Crippen molar-refractivity contribution < 1.29 is 13.3 Å². The predicted molar refractivity (Wildman–Crippen MR) is 94.6 cm³/mol. The average molecular weight is 325 g/mol. The molecule has 0 atom stereocenters. The normalized spacial score (nSPS) is 12.1. The molecule has 0 bridgehead atoms. The van der Waals surface area contributed by atoms with E-state index in [9.17, 15) is 0 Å². The quantitative estimate of drug-likeness (QED) is 0.570. The number of benzene rings is 1. The first-order valence-electron chi connectivity index (χ1n) is 8.62. The summed E-state index contributed by atoms with van der Waals surface area (Å²) in [6, 6.07) is 8.44. The van der Waals surface area contributed by atoms with Crippen molar-refractivity contribution in [2.45, 2.75) is 59.8 Å². The Balaban J connectivity index is 3.25. The van der Waals surface area contributed by atoms with Gasteiger partial charge in [0.15, 0.2) is 0 Å². The lowest BCUT2D eigenvalue weighted by Crippen LogP contribution is -2.58. The van der Waals surface area contributed by atoms with Crippen LogP contribution < -0.4 is 5.19 Å². The van der Waals surface area contributed by atoms with Gasteiger partial charge in [-0.25, -0.2) is 0 Å². The standard InChI is InChI=1S/C18H32O3Si/c1-6-13-19-22(20-14-7-2,21-15-8-3)18-12-10-9-11-17(18)16(4)5/h9-12,16H,6-8,13-15H2,1-5H3. The highest BCUT2D eigenvalue weighted by Crippen LogP contribution is 2.20. The Hall–Kier alpha value is -0.683. The van der Waals surface area contributed by atoms with Gasteiger partial charge in [0.2, 0.25) is 0 Å². The van der Waals surface area contributed by atoms with E-state index in [4.69, 9.17) is 13.3 Å². The molecule has 4 heteroatoms. The van der Waals surface area contributed by atoms with Gasteiger partial charge in [-0.2, -0.15) is 0 Å². The van der Waals surface area contributed by atoms with Gasteiger partial charge >= 0.3 is 8.80 Å². The highest BCUT2D eigenvalue weighted by Gasteiger charge is 2.45. The van der Waals surface area contributed by atoms with Gasteiger partial charge in [0.05, 0.1) is 0 Å². The van der Waals surface area contributed by atoms with Crippen LogP contribution in [0.4, 0.5) is 0 Å². The second-order valence-electron chi connectivity index (χ2n) is 5.84. The van der Waals surface area contributed by atoms with Gasteiger partial charge in [0.1, 0.15) is 0 Å². The van der Waals surface area contributed by atoms with Crippen LogP contribution in [0.3, 0.4) is 0 Å². The smallest absolute Gasteiger partial charge is 0.370 e. The van der Waals surface area contributed by atoms with Crippen molar-refractivity contribution in [1.82, 2.24) is 0 Å². The predicted octanol–water partition coefficient (Wildman–Crippen LogP) is 4.24. The van der Waals surface area contributed by atoms with Crippen molar-refractivity contribution in [3.8, 4) is 0 Å². The Morgan fingerprint density at radius 3 is 1.68 bits per heavy atom. The van der Waals surface area contributed by atoms with Crippen LogP contribution in [0.5, 0.6) is 0 Å². The molecular formula is C18H32O3Si. The van der Waals surface area contributed by atoms with E-state index in [0.29, 0.717) is 25.7 Å². The summed E-state index contributed by atoms with van der Waals surface area (Å²) in [5.74, 6) is 0.420. The maximum Gasteiger partial charge on any atom is 0.537 e. The summed E-state index contributed by atoms with van der Waals surface area (Å²) in [4.78, 5) is 0. The van der Waals surface area contributed by atoms with E-state index in [-0.39, 0.29) is 0 Å². The molecule has 0 saturated carbocycles. The highest BCUT2D eigenvalue weighted by atomic mass is 28.4. The van der Waals surface area contributed by atoms with E-state index in [1.54, 1.807) is 0 Å². The molecule has 0 spiro atoms. The Morgan fingerprint density at radius 2 is 1.27 bits per heavy atom. The lowest BCUT2D eigenvalue weighted by molar-refractivity contribution is 0.0729. The van der Waals surface area contributed by atoms with E-state index >= 15 is 0 Å². The first-order chi connectivity index (χ1) is 10.6. The average Bonchev–Trinajstić information content (AvgIpc) is 2.54. The Kier molecular flexibility index (Phi) is 8.94. The van der Waals surface area contributed by atoms with Crippen LogP contribution in [0.15, 0.2) is 24.3 Å². The minimum absolute atomic E-state index is 0.420. The molecule has 1 rings (SSSR count). The van der Waals surface area contributed by atoms with E-state index in [1.165, 1.54) is 5.56 Å². The van der Waals surface area contributed by atoms with E-state index in [2.05, 4.69) is 58.9 Å². The molecule has 0 saturated heterocycles. The SMILES string of the molecule is CCCO[Si](OCCC)(OCCC)c1ccccc1C(C)C. The zero-order chi connectivity index (χ0) is 16.4. The summed E-state index contributed by atoms with van der Waals surface area (Å²) < 4.78 is 18.8. The summed E-state index contributed by atoms with van der Waals surface area (Å²) in [6.07, 6.45) is 2.89. The summed E-state index contributed by atoms with van der Waals surface area (Å²) in [6.45, 7) is 12.8. The summed E-state index contributed by atoms with van der Waals surface area (Å²) >= 11 is 0. The molecule has 126 valence electrons. The molecule has 0 radical (unpaired) electrons. The molecule has 1 aromatic carbocycles. The molecule has 1 aromatic rings. The minimum Gasteiger partial charge on any atom is -0.370 e. The molecule has 22 heavy (non-hydrogen) atoms. The summed E-state index contributed by atoms with van der Waals surface area (Å²) in [5, 5.41) is 1.14. The third-order valence-corrected chi connectivity index (χ3v) is 6.27. The first kappa shape index (κ1) is 19.4. The lowest BCUT2D eigenvalue weighted by atomic mass is 10.0. The van der Waals surface area contributed by atoms with Gasteiger partial charge in [-0.1, -0.05) is 58.9 Å². The molecule has 0 aliphatic carbocycles. The lowest BCUT2D eigenvalue weighted by Gasteiger charge is -2.32. The van der Waals surface area contributed by atoms with Crippen LogP contribution in [0.25, 0.3) is 0 Å². The van der Waals surface area contributed by atoms with Crippen LogP contribution in [0.1, 0.15) is 65.4 Å². The second-order valence-corrected chi connectivity index (χ2v) is 8.36. The van der Waals surface area contributed by atoms with E-state index < -0.39 is 8.80 Å². The second kappa shape index (κ2) is 10.2. The molecule has 0 N–H and O–H groups in total. The highest BCUT2D eigenvalue weighted by molar-refractivity contribution is 6.75. The fraction of sp³-hybridized carbons (Fsp3) is 0.667. The van der Waals surface area contributed by atoms with E-state index in [1.807, 2.05) is 0 Å². The molecule has 3 nitrogen and oxygen atoms in total. The molecule has 0 aromatic heterocycles. The van der Waals surface area contributed by atoms with Gasteiger partial charge in [-0.15, -0.1) is 0 Å². The topological polar surface area (TPSA) is 27.7 Å². The molecule has 0 heterocycles. The fourth-order valence-corrected chi connectivity index (χ4v) is 5.51. The Bertz CT molecular complexity index is 399. The maximum absolute atomic E-state index is 6.25. The van der Waals surface area contributed by atoms with Crippen molar-refractivity contribution in [3.05, 3.63) is 29.8 Å². The molecule has 0 amide bonds. The fourth-order valence-electron chi connectivity index (χ4n) is 2.35. The Morgan fingerprint density at radius 1 is 0.818 bits per heavy atom. The van der Waals surface area contributed by atoms with Crippen LogP contribution in [-0.2, 0) is 13.3 Å². The van der Waals surface area contributed by atoms with Gasteiger partial charge in [0, 0.05) is 25.0 Å². The molecule has 0 aliphatic rings. The third kappa shape index (κ3) is 5.20. The molecule has 0 fully saturated rings. The largest absolute Gasteiger partial charge is 0.537 e. The molecule has 0 unspecified atom stereocenters. The monoisotopic (exact) mass is 324 g/mol. The van der Waals surface area contributed by atoms with Gasteiger partial charge in [0.25, 0.3) is 0 Å². The number of hydrogen-bond donors (Lipinski definition) is 0. The first-order valence-corrected chi connectivity index (χ1v) is 10.3. The Labute approximate surface area is 137 Å². The van der Waals surface area contributed by atoms with Gasteiger partial charge in [-0.05, 0) is 30.7 Å². The zero-order valence-electron chi connectivity index (χ0n) is 14.9.